The van der Waals surface area contributed by atoms with E-state index in [1.807, 2.05) is 0 Å². The first kappa shape index (κ1) is 20.7. The number of carbonyl (C=O) groups is 4. The van der Waals surface area contributed by atoms with Crippen molar-refractivity contribution in [3.8, 4) is 0 Å². The third-order valence-corrected chi connectivity index (χ3v) is 3.42. The molecule has 28 heavy (non-hydrogen) atoms. The molecular weight excluding hydrogens is 368 g/mol. The SMILES string of the molecule is CCOC(=O)c1ccccc1NC(=O)COC(=O)CCNC(=O)c1ccco1. The lowest BCUT2D eigenvalue weighted by atomic mass is 10.2. The van der Waals surface area contributed by atoms with Crippen LogP contribution in [-0.2, 0) is 19.1 Å². The van der Waals surface area contributed by atoms with Gasteiger partial charge in [0, 0.05) is 6.54 Å². The molecule has 0 aliphatic heterocycles. The highest BCUT2D eigenvalue weighted by Crippen LogP contribution is 2.16. The van der Waals surface area contributed by atoms with E-state index in [0.29, 0.717) is 0 Å². The summed E-state index contributed by atoms with van der Waals surface area (Å²) in [6.07, 6.45) is 1.25. The molecule has 0 saturated carbocycles. The summed E-state index contributed by atoms with van der Waals surface area (Å²) in [6.45, 7) is 1.39. The van der Waals surface area contributed by atoms with Gasteiger partial charge in [0.2, 0.25) is 0 Å². The molecule has 0 atom stereocenters. The summed E-state index contributed by atoms with van der Waals surface area (Å²) in [5.74, 6) is -2.15. The highest BCUT2D eigenvalue weighted by molar-refractivity contribution is 6.01. The number of rotatable bonds is 9. The molecule has 0 aliphatic rings. The lowest BCUT2D eigenvalue weighted by molar-refractivity contribution is -0.147. The number of hydrogen-bond donors (Lipinski definition) is 2. The van der Waals surface area contributed by atoms with E-state index in [9.17, 15) is 19.2 Å². The predicted molar refractivity (Wildman–Crippen MR) is 97.6 cm³/mol. The molecule has 0 spiro atoms. The molecule has 0 radical (unpaired) electrons. The Balaban J connectivity index is 1.74. The van der Waals surface area contributed by atoms with Gasteiger partial charge in [0.05, 0.1) is 30.5 Å². The second-order valence-corrected chi connectivity index (χ2v) is 5.46. The van der Waals surface area contributed by atoms with E-state index >= 15 is 0 Å². The van der Waals surface area contributed by atoms with Gasteiger partial charge in [-0.05, 0) is 31.2 Å². The molecule has 1 aromatic carbocycles. The first-order valence-corrected chi connectivity index (χ1v) is 8.54. The minimum absolute atomic E-state index is 0.0334. The van der Waals surface area contributed by atoms with E-state index in [1.165, 1.54) is 24.5 Å². The van der Waals surface area contributed by atoms with Crippen molar-refractivity contribution in [2.75, 3.05) is 25.1 Å². The third-order valence-electron chi connectivity index (χ3n) is 3.42. The second kappa shape index (κ2) is 10.5. The van der Waals surface area contributed by atoms with Crippen LogP contribution in [0.3, 0.4) is 0 Å². The van der Waals surface area contributed by atoms with Crippen LogP contribution in [0.4, 0.5) is 5.69 Å². The van der Waals surface area contributed by atoms with Crippen LogP contribution < -0.4 is 10.6 Å². The molecule has 0 unspecified atom stereocenters. The van der Waals surface area contributed by atoms with Gasteiger partial charge in [0.15, 0.2) is 12.4 Å². The molecule has 2 amide bonds. The Morgan fingerprint density at radius 1 is 1.04 bits per heavy atom. The summed E-state index contributed by atoms with van der Waals surface area (Å²) in [6, 6.07) is 9.40. The molecule has 0 bridgehead atoms. The largest absolute Gasteiger partial charge is 0.462 e. The molecule has 1 heterocycles. The quantitative estimate of drug-likeness (QED) is 0.627. The van der Waals surface area contributed by atoms with Crippen LogP contribution in [0.25, 0.3) is 0 Å². The number of anilines is 1. The van der Waals surface area contributed by atoms with Crippen LogP contribution in [0.1, 0.15) is 34.3 Å². The maximum atomic E-state index is 12.0. The fourth-order valence-electron chi connectivity index (χ4n) is 2.16. The third kappa shape index (κ3) is 6.27. The average molecular weight is 388 g/mol. The van der Waals surface area contributed by atoms with Crippen LogP contribution in [0.15, 0.2) is 47.1 Å². The maximum Gasteiger partial charge on any atom is 0.340 e. The summed E-state index contributed by atoms with van der Waals surface area (Å²) < 4.78 is 14.7. The van der Waals surface area contributed by atoms with E-state index in [2.05, 4.69) is 10.6 Å². The maximum absolute atomic E-state index is 12.0. The molecule has 9 heteroatoms. The van der Waals surface area contributed by atoms with Crippen LogP contribution >= 0.6 is 0 Å². The van der Waals surface area contributed by atoms with Crippen molar-refractivity contribution in [1.29, 1.82) is 0 Å². The number of ether oxygens (including phenoxy) is 2. The first-order chi connectivity index (χ1) is 13.5. The van der Waals surface area contributed by atoms with Gasteiger partial charge in [0.25, 0.3) is 11.8 Å². The monoisotopic (exact) mass is 388 g/mol. The van der Waals surface area contributed by atoms with Crippen LogP contribution in [0.2, 0.25) is 0 Å². The molecule has 2 N–H and O–H groups in total. The van der Waals surface area contributed by atoms with Gasteiger partial charge in [-0.3, -0.25) is 14.4 Å². The fraction of sp³-hybridized carbons (Fsp3) is 0.263. The normalized spacial score (nSPS) is 10.0. The number of para-hydroxylation sites is 1. The zero-order valence-corrected chi connectivity index (χ0v) is 15.2. The number of carbonyl (C=O) groups excluding carboxylic acids is 4. The summed E-state index contributed by atoms with van der Waals surface area (Å²) in [5.41, 5.74) is 0.456. The van der Waals surface area contributed by atoms with Gasteiger partial charge in [-0.1, -0.05) is 12.1 Å². The molecule has 2 rings (SSSR count). The standard InChI is InChI=1S/C19H20N2O7/c1-2-26-19(25)13-6-3-4-7-14(13)21-16(22)12-28-17(23)9-10-20-18(24)15-8-5-11-27-15/h3-8,11H,2,9-10,12H2,1H3,(H,20,24)(H,21,22). The van der Waals surface area contributed by atoms with Crippen molar-refractivity contribution in [1.82, 2.24) is 5.32 Å². The van der Waals surface area contributed by atoms with E-state index < -0.39 is 30.4 Å². The first-order valence-electron chi connectivity index (χ1n) is 8.54. The van der Waals surface area contributed by atoms with E-state index in [1.54, 1.807) is 25.1 Å². The van der Waals surface area contributed by atoms with Gasteiger partial charge in [-0.2, -0.15) is 0 Å². The van der Waals surface area contributed by atoms with Gasteiger partial charge >= 0.3 is 11.9 Å². The van der Waals surface area contributed by atoms with Crippen LogP contribution in [-0.4, -0.2) is 43.5 Å². The highest BCUT2D eigenvalue weighted by atomic mass is 16.5. The Bertz CT molecular complexity index is 831. The van der Waals surface area contributed by atoms with Crippen LogP contribution in [0, 0.1) is 0 Å². The average Bonchev–Trinajstić information content (AvgIpc) is 3.22. The summed E-state index contributed by atoms with van der Waals surface area (Å²) in [7, 11) is 0. The number of esters is 2. The number of hydrogen-bond acceptors (Lipinski definition) is 7. The topological polar surface area (TPSA) is 124 Å². The van der Waals surface area contributed by atoms with Gasteiger partial charge in [0.1, 0.15) is 0 Å². The Labute approximate surface area is 161 Å². The molecule has 0 aliphatic carbocycles. The molecule has 2 aromatic rings. The van der Waals surface area contributed by atoms with Crippen molar-refractivity contribution >= 4 is 29.4 Å². The predicted octanol–water partition coefficient (Wildman–Crippen LogP) is 1.76. The number of furan rings is 1. The van der Waals surface area contributed by atoms with Gasteiger partial charge < -0.3 is 24.5 Å². The highest BCUT2D eigenvalue weighted by Gasteiger charge is 2.15. The van der Waals surface area contributed by atoms with E-state index in [0.717, 1.165) is 0 Å². The van der Waals surface area contributed by atoms with Gasteiger partial charge in [-0.25, -0.2) is 4.79 Å². The van der Waals surface area contributed by atoms with Crippen molar-refractivity contribution in [2.24, 2.45) is 0 Å². The van der Waals surface area contributed by atoms with Crippen LogP contribution in [0.5, 0.6) is 0 Å². The fourth-order valence-corrected chi connectivity index (χ4v) is 2.16. The van der Waals surface area contributed by atoms with Crippen molar-refractivity contribution in [3.05, 3.63) is 54.0 Å². The van der Waals surface area contributed by atoms with Crippen molar-refractivity contribution in [3.63, 3.8) is 0 Å². The molecule has 148 valence electrons. The second-order valence-electron chi connectivity index (χ2n) is 5.46. The minimum atomic E-state index is -0.659. The lowest BCUT2D eigenvalue weighted by Crippen LogP contribution is -2.27. The molecule has 9 nitrogen and oxygen atoms in total. The summed E-state index contributed by atoms with van der Waals surface area (Å²) in [4.78, 5) is 47.1. The number of nitrogens with one attached hydrogen (secondary N) is 2. The van der Waals surface area contributed by atoms with Crippen molar-refractivity contribution < 1.29 is 33.1 Å². The summed E-state index contributed by atoms with van der Waals surface area (Å²) >= 11 is 0. The smallest absolute Gasteiger partial charge is 0.340 e. The zero-order valence-electron chi connectivity index (χ0n) is 15.2. The minimum Gasteiger partial charge on any atom is -0.462 e. The van der Waals surface area contributed by atoms with E-state index in [-0.39, 0.29) is 36.6 Å². The van der Waals surface area contributed by atoms with Crippen molar-refractivity contribution in [2.45, 2.75) is 13.3 Å². The Kier molecular flexibility index (Phi) is 7.77. The number of amides is 2. The molecule has 0 fully saturated rings. The van der Waals surface area contributed by atoms with Gasteiger partial charge in [-0.15, -0.1) is 0 Å². The molecule has 0 saturated heterocycles. The molecular formula is C19H20N2O7. The number of benzene rings is 1. The van der Waals surface area contributed by atoms with E-state index in [4.69, 9.17) is 13.9 Å². The zero-order chi connectivity index (χ0) is 20.4. The summed E-state index contributed by atoms with van der Waals surface area (Å²) in [5, 5.41) is 4.99. The lowest BCUT2D eigenvalue weighted by Gasteiger charge is -2.10. The Morgan fingerprint density at radius 3 is 2.54 bits per heavy atom. The Morgan fingerprint density at radius 2 is 1.82 bits per heavy atom. The Hall–Kier alpha value is -3.62. The molecule has 1 aromatic heterocycles.